The predicted molar refractivity (Wildman–Crippen MR) is 105 cm³/mol. The zero-order chi connectivity index (χ0) is 17.6. The van der Waals surface area contributed by atoms with Crippen molar-refractivity contribution in [2.24, 2.45) is 0 Å². The van der Waals surface area contributed by atoms with Crippen molar-refractivity contribution in [3.05, 3.63) is 84.1 Å². The van der Waals surface area contributed by atoms with E-state index in [2.05, 4.69) is 72.8 Å². The summed E-state index contributed by atoms with van der Waals surface area (Å²) in [5, 5.41) is 1.22. The van der Waals surface area contributed by atoms with Gasteiger partial charge >= 0.3 is 0 Å². The van der Waals surface area contributed by atoms with Gasteiger partial charge in [-0.1, -0.05) is 74.9 Å². The van der Waals surface area contributed by atoms with Gasteiger partial charge in [0, 0.05) is 29.6 Å². The quantitative estimate of drug-likeness (QED) is 0.382. The minimum absolute atomic E-state index is 0.0966. The van der Waals surface area contributed by atoms with Gasteiger partial charge in [0.25, 0.3) is 0 Å². The van der Waals surface area contributed by atoms with Gasteiger partial charge in [-0.25, -0.2) is 0 Å². The number of aldehydes is 1. The second kappa shape index (κ2) is 7.98. The highest BCUT2D eigenvalue weighted by Crippen LogP contribution is 2.35. The van der Waals surface area contributed by atoms with E-state index in [4.69, 9.17) is 0 Å². The summed E-state index contributed by atoms with van der Waals surface area (Å²) in [4.78, 5) is 11.4. The van der Waals surface area contributed by atoms with Crippen LogP contribution in [0.2, 0.25) is 0 Å². The van der Waals surface area contributed by atoms with Gasteiger partial charge in [0.1, 0.15) is 6.29 Å². The van der Waals surface area contributed by atoms with Crippen LogP contribution in [0.15, 0.2) is 72.9 Å². The molecule has 128 valence electrons. The monoisotopic (exact) mass is 331 g/mol. The molecule has 1 unspecified atom stereocenters. The normalized spacial score (nSPS) is 12.2. The highest BCUT2D eigenvalue weighted by Gasteiger charge is 2.20. The minimum atomic E-state index is 0.0966. The standard InChI is InChI=1S/C23H25NO/c1-3-4-12-20(18(2)17-25)22-16-24(15-19-10-6-5-7-11-19)23-14-9-8-13-21(22)23/h5-11,13-14,16-17,20H,2-4,12,15H2,1H3. The summed E-state index contributed by atoms with van der Waals surface area (Å²) >= 11 is 0. The van der Waals surface area contributed by atoms with E-state index in [-0.39, 0.29) is 5.92 Å². The van der Waals surface area contributed by atoms with Crippen LogP contribution in [0.5, 0.6) is 0 Å². The summed E-state index contributed by atoms with van der Waals surface area (Å²) in [6, 6.07) is 18.9. The number of aromatic nitrogens is 1. The van der Waals surface area contributed by atoms with Crippen LogP contribution in [0.1, 0.15) is 43.2 Å². The number of allylic oxidation sites excluding steroid dienone is 1. The lowest BCUT2D eigenvalue weighted by molar-refractivity contribution is -0.105. The Balaban J connectivity index is 2.05. The molecule has 0 fully saturated rings. The molecule has 1 atom stereocenters. The number of hydrogen-bond donors (Lipinski definition) is 0. The van der Waals surface area contributed by atoms with Gasteiger partial charge in [0.15, 0.2) is 0 Å². The van der Waals surface area contributed by atoms with Crippen LogP contribution in [0.3, 0.4) is 0 Å². The third-order valence-corrected chi connectivity index (χ3v) is 4.84. The summed E-state index contributed by atoms with van der Waals surface area (Å²) in [7, 11) is 0. The zero-order valence-corrected chi connectivity index (χ0v) is 14.8. The van der Waals surface area contributed by atoms with E-state index < -0.39 is 0 Å². The predicted octanol–water partition coefficient (Wildman–Crippen LogP) is 5.72. The summed E-state index contributed by atoms with van der Waals surface area (Å²) in [6.45, 7) is 7.03. The zero-order valence-electron chi connectivity index (χ0n) is 14.8. The van der Waals surface area contributed by atoms with Crippen molar-refractivity contribution in [3.8, 4) is 0 Å². The minimum Gasteiger partial charge on any atom is -0.343 e. The van der Waals surface area contributed by atoms with E-state index in [0.717, 1.165) is 32.1 Å². The Labute approximate surface area is 149 Å². The van der Waals surface area contributed by atoms with E-state index >= 15 is 0 Å². The first-order valence-corrected chi connectivity index (χ1v) is 9.00. The fourth-order valence-electron chi connectivity index (χ4n) is 3.49. The topological polar surface area (TPSA) is 22.0 Å². The highest BCUT2D eigenvalue weighted by atomic mass is 16.1. The van der Waals surface area contributed by atoms with Gasteiger partial charge in [0.2, 0.25) is 0 Å². The first kappa shape index (κ1) is 17.2. The molecule has 0 aliphatic carbocycles. The molecule has 0 N–H and O–H groups in total. The van der Waals surface area contributed by atoms with Gasteiger partial charge in [-0.05, 0) is 29.2 Å². The molecule has 2 nitrogen and oxygen atoms in total. The molecule has 2 heteroatoms. The van der Waals surface area contributed by atoms with E-state index in [1.54, 1.807) is 0 Å². The van der Waals surface area contributed by atoms with Crippen molar-refractivity contribution in [3.63, 3.8) is 0 Å². The lowest BCUT2D eigenvalue weighted by Crippen LogP contribution is -2.03. The van der Waals surface area contributed by atoms with Crippen LogP contribution in [-0.4, -0.2) is 10.9 Å². The molecular formula is C23H25NO. The van der Waals surface area contributed by atoms with E-state index in [9.17, 15) is 4.79 Å². The average molecular weight is 331 g/mol. The molecule has 2 aromatic carbocycles. The fraction of sp³-hybridized carbons (Fsp3) is 0.261. The lowest BCUT2D eigenvalue weighted by atomic mass is 9.88. The Morgan fingerprint density at radius 1 is 1.12 bits per heavy atom. The van der Waals surface area contributed by atoms with Crippen LogP contribution in [-0.2, 0) is 11.3 Å². The van der Waals surface area contributed by atoms with E-state index in [0.29, 0.717) is 5.57 Å². The summed E-state index contributed by atoms with van der Waals surface area (Å²) in [5.41, 5.74) is 4.38. The molecular weight excluding hydrogens is 306 g/mol. The SMILES string of the molecule is C=C(C=O)C(CCCC)c1cn(Cc2ccccc2)c2ccccc12. The van der Waals surface area contributed by atoms with Crippen molar-refractivity contribution in [1.82, 2.24) is 4.57 Å². The smallest absolute Gasteiger partial charge is 0.146 e. The maximum atomic E-state index is 11.4. The molecule has 1 aromatic heterocycles. The Kier molecular flexibility index (Phi) is 5.49. The molecule has 1 heterocycles. The van der Waals surface area contributed by atoms with E-state index in [1.165, 1.54) is 22.0 Å². The van der Waals surface area contributed by atoms with Crippen LogP contribution in [0.25, 0.3) is 10.9 Å². The number of carbonyl (C=O) groups is 1. The first-order valence-electron chi connectivity index (χ1n) is 9.00. The number of carbonyl (C=O) groups excluding carboxylic acids is 1. The van der Waals surface area contributed by atoms with Gasteiger partial charge in [-0.3, -0.25) is 4.79 Å². The molecule has 3 rings (SSSR count). The molecule has 0 aliphatic rings. The van der Waals surface area contributed by atoms with Gasteiger partial charge in [-0.15, -0.1) is 0 Å². The molecule has 3 aromatic rings. The first-order chi connectivity index (χ1) is 12.2. The molecule has 0 amide bonds. The van der Waals surface area contributed by atoms with Gasteiger partial charge in [0.05, 0.1) is 0 Å². The molecule has 0 bridgehead atoms. The number of unbranched alkanes of at least 4 members (excludes halogenated alkanes) is 1. The van der Waals surface area contributed by atoms with Crippen molar-refractivity contribution in [2.75, 3.05) is 0 Å². The fourth-order valence-corrected chi connectivity index (χ4v) is 3.49. The van der Waals surface area contributed by atoms with Crippen LogP contribution < -0.4 is 0 Å². The molecule has 0 spiro atoms. The van der Waals surface area contributed by atoms with E-state index in [1.807, 2.05) is 6.07 Å². The second-order valence-electron chi connectivity index (χ2n) is 6.60. The molecule has 0 radical (unpaired) electrons. The second-order valence-corrected chi connectivity index (χ2v) is 6.60. The van der Waals surface area contributed by atoms with Crippen molar-refractivity contribution in [2.45, 2.75) is 38.6 Å². The van der Waals surface area contributed by atoms with Crippen molar-refractivity contribution >= 4 is 17.2 Å². The van der Waals surface area contributed by atoms with Crippen LogP contribution in [0, 0.1) is 0 Å². The summed E-state index contributed by atoms with van der Waals surface area (Å²) in [5.74, 6) is 0.0966. The maximum absolute atomic E-state index is 11.4. The molecule has 0 saturated carbocycles. The Bertz CT molecular complexity index is 860. The number of rotatable bonds is 8. The summed E-state index contributed by atoms with van der Waals surface area (Å²) < 4.78 is 2.29. The number of hydrogen-bond acceptors (Lipinski definition) is 1. The van der Waals surface area contributed by atoms with Gasteiger partial charge in [-0.2, -0.15) is 0 Å². The Hall–Kier alpha value is -2.61. The summed E-state index contributed by atoms with van der Waals surface area (Å²) in [6.07, 6.45) is 6.31. The average Bonchev–Trinajstić information content (AvgIpc) is 3.01. The number of para-hydroxylation sites is 1. The molecule has 0 aliphatic heterocycles. The van der Waals surface area contributed by atoms with Crippen molar-refractivity contribution in [1.29, 1.82) is 0 Å². The molecule has 0 saturated heterocycles. The highest BCUT2D eigenvalue weighted by molar-refractivity contribution is 5.87. The number of nitrogens with zero attached hydrogens (tertiary/aromatic N) is 1. The Morgan fingerprint density at radius 2 is 1.84 bits per heavy atom. The third kappa shape index (κ3) is 3.74. The van der Waals surface area contributed by atoms with Crippen LogP contribution >= 0.6 is 0 Å². The lowest BCUT2D eigenvalue weighted by Gasteiger charge is -2.15. The number of benzene rings is 2. The third-order valence-electron chi connectivity index (χ3n) is 4.84. The number of fused-ring (bicyclic) bond motifs is 1. The maximum Gasteiger partial charge on any atom is 0.146 e. The van der Waals surface area contributed by atoms with Crippen molar-refractivity contribution < 1.29 is 4.79 Å². The van der Waals surface area contributed by atoms with Crippen LogP contribution in [0.4, 0.5) is 0 Å². The largest absolute Gasteiger partial charge is 0.343 e. The Morgan fingerprint density at radius 3 is 2.56 bits per heavy atom. The van der Waals surface area contributed by atoms with Gasteiger partial charge < -0.3 is 4.57 Å². The molecule has 25 heavy (non-hydrogen) atoms.